The predicted octanol–water partition coefficient (Wildman–Crippen LogP) is 2.89. The highest BCUT2D eigenvalue weighted by Crippen LogP contribution is 2.23. The van der Waals surface area contributed by atoms with Crippen molar-refractivity contribution in [3.8, 4) is 5.88 Å². The van der Waals surface area contributed by atoms with Crippen molar-refractivity contribution in [1.29, 1.82) is 0 Å². The van der Waals surface area contributed by atoms with Gasteiger partial charge in [0.15, 0.2) is 0 Å². The van der Waals surface area contributed by atoms with Crippen LogP contribution in [0.2, 0.25) is 5.02 Å². The zero-order valence-electron chi connectivity index (χ0n) is 16.4. The third-order valence-electron chi connectivity index (χ3n) is 5.09. The molecule has 3 amide bonds. The van der Waals surface area contributed by atoms with Crippen LogP contribution in [0.25, 0.3) is 0 Å². The molecule has 0 saturated carbocycles. The van der Waals surface area contributed by atoms with Crippen molar-refractivity contribution in [2.24, 2.45) is 0 Å². The number of nitrogens with one attached hydrogen (secondary N) is 1. The molecule has 4 rings (SSSR count). The largest absolute Gasteiger partial charge is 0.472 e. The van der Waals surface area contributed by atoms with Gasteiger partial charge < -0.3 is 24.6 Å². The Bertz CT molecular complexity index is 919. The Morgan fingerprint density at radius 1 is 1.13 bits per heavy atom. The quantitative estimate of drug-likeness (QED) is 0.806. The van der Waals surface area contributed by atoms with Crippen LogP contribution in [0.15, 0.2) is 42.6 Å². The summed E-state index contributed by atoms with van der Waals surface area (Å²) in [6.45, 7) is 3.12. The number of pyridine rings is 1. The van der Waals surface area contributed by atoms with Gasteiger partial charge in [-0.1, -0.05) is 17.7 Å². The molecule has 1 unspecified atom stereocenters. The lowest BCUT2D eigenvalue weighted by atomic mass is 10.2. The maximum atomic E-state index is 12.9. The van der Waals surface area contributed by atoms with Gasteiger partial charge in [0.05, 0.1) is 19.8 Å². The summed E-state index contributed by atoms with van der Waals surface area (Å²) in [4.78, 5) is 33.1. The molecule has 1 aromatic carbocycles. The molecular formula is C21H23ClN4O4. The second kappa shape index (κ2) is 9.32. The van der Waals surface area contributed by atoms with Gasteiger partial charge in [0, 0.05) is 43.0 Å². The summed E-state index contributed by atoms with van der Waals surface area (Å²) in [5.74, 6) is 0.186. The first-order valence-electron chi connectivity index (χ1n) is 9.90. The van der Waals surface area contributed by atoms with E-state index in [2.05, 4.69) is 10.3 Å². The van der Waals surface area contributed by atoms with E-state index in [0.29, 0.717) is 68.0 Å². The molecule has 2 aliphatic heterocycles. The van der Waals surface area contributed by atoms with Crippen molar-refractivity contribution in [3.05, 3.63) is 53.2 Å². The van der Waals surface area contributed by atoms with Crippen LogP contribution >= 0.6 is 11.6 Å². The molecule has 2 saturated heterocycles. The van der Waals surface area contributed by atoms with Crippen LogP contribution in [0.3, 0.4) is 0 Å². The Kier molecular flexibility index (Phi) is 6.35. The Labute approximate surface area is 179 Å². The monoisotopic (exact) mass is 430 g/mol. The number of aromatic nitrogens is 1. The van der Waals surface area contributed by atoms with E-state index in [0.717, 1.165) is 0 Å². The number of urea groups is 1. The highest BCUT2D eigenvalue weighted by atomic mass is 35.5. The van der Waals surface area contributed by atoms with Crippen LogP contribution in [0.5, 0.6) is 5.88 Å². The number of benzene rings is 1. The smallest absolute Gasteiger partial charge is 0.321 e. The highest BCUT2D eigenvalue weighted by Gasteiger charge is 2.30. The van der Waals surface area contributed by atoms with Crippen molar-refractivity contribution in [3.63, 3.8) is 0 Å². The van der Waals surface area contributed by atoms with E-state index in [-0.39, 0.29) is 18.0 Å². The molecule has 3 heterocycles. The molecule has 8 nitrogen and oxygen atoms in total. The standard InChI is InChI=1S/C21H23ClN4O4/c22-15-3-1-4-16(13-15)24-21(28)26-8-6-17(14-26)30-19-18(5-2-7-23-19)20(27)25-9-11-29-12-10-25/h1-5,7,13,17H,6,8-12,14H2,(H,24,28). The molecule has 0 radical (unpaired) electrons. The average molecular weight is 431 g/mol. The first-order chi connectivity index (χ1) is 14.6. The van der Waals surface area contributed by atoms with Gasteiger partial charge in [-0.25, -0.2) is 9.78 Å². The van der Waals surface area contributed by atoms with E-state index in [1.165, 1.54) is 0 Å². The van der Waals surface area contributed by atoms with E-state index in [9.17, 15) is 9.59 Å². The van der Waals surface area contributed by atoms with Crippen molar-refractivity contribution < 1.29 is 19.1 Å². The number of rotatable bonds is 4. The highest BCUT2D eigenvalue weighted by molar-refractivity contribution is 6.30. The summed E-state index contributed by atoms with van der Waals surface area (Å²) in [6.07, 6.45) is 2.02. The van der Waals surface area contributed by atoms with E-state index < -0.39 is 0 Å². The number of carbonyl (C=O) groups excluding carboxylic acids is 2. The summed E-state index contributed by atoms with van der Waals surface area (Å²) in [6, 6.07) is 10.2. The molecular weight excluding hydrogens is 408 g/mol. The lowest BCUT2D eigenvalue weighted by molar-refractivity contribution is 0.0298. The summed E-state index contributed by atoms with van der Waals surface area (Å²) in [5, 5.41) is 3.40. The topological polar surface area (TPSA) is 84.0 Å². The normalized spacial score (nSPS) is 18.9. The number of halogens is 1. The minimum atomic E-state index is -0.235. The SMILES string of the molecule is O=C(Nc1cccc(Cl)c1)N1CCC(Oc2ncccc2C(=O)N2CCOCC2)C1. The van der Waals surface area contributed by atoms with E-state index >= 15 is 0 Å². The zero-order chi connectivity index (χ0) is 20.9. The third kappa shape index (κ3) is 4.83. The fourth-order valence-electron chi connectivity index (χ4n) is 3.52. The number of hydrogen-bond donors (Lipinski definition) is 1. The predicted molar refractivity (Wildman–Crippen MR) is 112 cm³/mol. The molecule has 1 N–H and O–H groups in total. The summed E-state index contributed by atoms with van der Waals surface area (Å²) in [7, 11) is 0. The number of morpholine rings is 1. The fraction of sp³-hybridized carbons (Fsp3) is 0.381. The van der Waals surface area contributed by atoms with Gasteiger partial charge in [-0.3, -0.25) is 4.79 Å². The molecule has 0 aliphatic carbocycles. The van der Waals surface area contributed by atoms with Crippen LogP contribution in [-0.4, -0.2) is 72.2 Å². The molecule has 0 bridgehead atoms. The summed E-state index contributed by atoms with van der Waals surface area (Å²) >= 11 is 5.97. The Morgan fingerprint density at radius 2 is 1.97 bits per heavy atom. The summed E-state index contributed by atoms with van der Waals surface area (Å²) in [5.41, 5.74) is 1.07. The average Bonchev–Trinajstić information content (AvgIpc) is 3.23. The van der Waals surface area contributed by atoms with Gasteiger partial charge in [-0.2, -0.15) is 0 Å². The van der Waals surface area contributed by atoms with Crippen LogP contribution in [0.1, 0.15) is 16.8 Å². The maximum absolute atomic E-state index is 12.9. The van der Waals surface area contributed by atoms with Crippen LogP contribution < -0.4 is 10.1 Å². The molecule has 1 aromatic heterocycles. The second-order valence-electron chi connectivity index (χ2n) is 7.18. The summed E-state index contributed by atoms with van der Waals surface area (Å²) < 4.78 is 11.4. The van der Waals surface area contributed by atoms with Crippen molar-refractivity contribution >= 4 is 29.2 Å². The van der Waals surface area contributed by atoms with Crippen LogP contribution in [-0.2, 0) is 4.74 Å². The third-order valence-corrected chi connectivity index (χ3v) is 5.32. The first-order valence-corrected chi connectivity index (χ1v) is 10.3. The second-order valence-corrected chi connectivity index (χ2v) is 7.61. The van der Waals surface area contributed by atoms with Gasteiger partial charge in [-0.15, -0.1) is 0 Å². The molecule has 1 atom stereocenters. The van der Waals surface area contributed by atoms with Crippen molar-refractivity contribution in [2.75, 3.05) is 44.7 Å². The van der Waals surface area contributed by atoms with Crippen molar-refractivity contribution in [1.82, 2.24) is 14.8 Å². The maximum Gasteiger partial charge on any atom is 0.321 e. The van der Waals surface area contributed by atoms with Gasteiger partial charge in [0.25, 0.3) is 5.91 Å². The molecule has 0 spiro atoms. The molecule has 9 heteroatoms. The fourth-order valence-corrected chi connectivity index (χ4v) is 3.71. The van der Waals surface area contributed by atoms with Gasteiger partial charge in [-0.05, 0) is 30.3 Å². The van der Waals surface area contributed by atoms with Crippen LogP contribution in [0, 0.1) is 0 Å². The number of anilines is 1. The number of hydrogen-bond acceptors (Lipinski definition) is 5. The minimum absolute atomic E-state index is 0.116. The first kappa shape index (κ1) is 20.4. The van der Waals surface area contributed by atoms with Crippen molar-refractivity contribution in [2.45, 2.75) is 12.5 Å². The van der Waals surface area contributed by atoms with Crippen LogP contribution in [0.4, 0.5) is 10.5 Å². The number of ether oxygens (including phenoxy) is 2. The van der Waals surface area contributed by atoms with E-state index in [1.807, 2.05) is 0 Å². The molecule has 2 fully saturated rings. The van der Waals surface area contributed by atoms with Gasteiger partial charge in [0.1, 0.15) is 11.7 Å². The van der Waals surface area contributed by atoms with E-state index in [4.69, 9.17) is 21.1 Å². The van der Waals surface area contributed by atoms with Gasteiger partial charge >= 0.3 is 6.03 Å². The Balaban J connectivity index is 1.37. The lowest BCUT2D eigenvalue weighted by Gasteiger charge is -2.27. The number of carbonyl (C=O) groups is 2. The number of nitrogens with zero attached hydrogens (tertiary/aromatic N) is 3. The molecule has 2 aliphatic rings. The minimum Gasteiger partial charge on any atom is -0.472 e. The molecule has 2 aromatic rings. The zero-order valence-corrected chi connectivity index (χ0v) is 17.2. The lowest BCUT2D eigenvalue weighted by Crippen LogP contribution is -2.41. The molecule has 158 valence electrons. The van der Waals surface area contributed by atoms with Gasteiger partial charge in [0.2, 0.25) is 5.88 Å². The number of amides is 3. The Hall–Kier alpha value is -2.84. The van der Waals surface area contributed by atoms with E-state index in [1.54, 1.807) is 52.4 Å². The Morgan fingerprint density at radius 3 is 2.77 bits per heavy atom. The molecule has 30 heavy (non-hydrogen) atoms. The number of likely N-dealkylation sites (tertiary alicyclic amines) is 1.